The third-order valence-electron chi connectivity index (χ3n) is 3.82. The van der Waals surface area contributed by atoms with Crippen molar-refractivity contribution >= 4 is 27.7 Å². The first-order chi connectivity index (χ1) is 12.8. The SMILES string of the molecule is Cn1c(NC(=O)c2ccn(COc3ccc(Br)cc3)n2)cc(=O)n(C)c1=O. The number of carbonyl (C=O) groups is 1. The third-order valence-corrected chi connectivity index (χ3v) is 4.35. The van der Waals surface area contributed by atoms with Gasteiger partial charge in [0.25, 0.3) is 11.5 Å². The smallest absolute Gasteiger partial charge is 0.332 e. The molecule has 9 nitrogen and oxygen atoms in total. The Hall–Kier alpha value is -3.14. The maximum absolute atomic E-state index is 12.3. The lowest BCUT2D eigenvalue weighted by molar-refractivity contribution is 0.101. The Labute approximate surface area is 161 Å². The van der Waals surface area contributed by atoms with Crippen LogP contribution < -0.4 is 21.3 Å². The molecule has 0 aliphatic heterocycles. The predicted molar refractivity (Wildman–Crippen MR) is 102 cm³/mol. The Morgan fingerprint density at radius 2 is 1.85 bits per heavy atom. The van der Waals surface area contributed by atoms with Crippen molar-refractivity contribution < 1.29 is 9.53 Å². The molecule has 0 saturated carbocycles. The summed E-state index contributed by atoms with van der Waals surface area (Å²) < 4.78 is 10.1. The van der Waals surface area contributed by atoms with E-state index in [1.165, 1.54) is 35.5 Å². The minimum atomic E-state index is -0.541. The zero-order valence-corrected chi connectivity index (χ0v) is 16.1. The number of ether oxygens (including phenoxy) is 1. The van der Waals surface area contributed by atoms with Crippen molar-refractivity contribution in [2.24, 2.45) is 14.1 Å². The van der Waals surface area contributed by atoms with Crippen molar-refractivity contribution in [1.29, 1.82) is 0 Å². The normalized spacial score (nSPS) is 10.6. The van der Waals surface area contributed by atoms with E-state index in [9.17, 15) is 14.4 Å². The van der Waals surface area contributed by atoms with Crippen LogP contribution in [0.5, 0.6) is 5.75 Å². The van der Waals surface area contributed by atoms with E-state index in [2.05, 4.69) is 26.3 Å². The molecule has 1 aromatic carbocycles. The Morgan fingerprint density at radius 3 is 2.56 bits per heavy atom. The van der Waals surface area contributed by atoms with Crippen molar-refractivity contribution in [3.8, 4) is 5.75 Å². The fraction of sp³-hybridized carbons (Fsp3) is 0.176. The standard InChI is InChI=1S/C17H16BrN5O4/c1-21-14(9-15(24)22(2)17(21)26)19-16(25)13-7-8-23(20-13)10-27-12-5-3-11(18)4-6-12/h3-9H,10H2,1-2H3,(H,19,25). The van der Waals surface area contributed by atoms with Crippen LogP contribution in [0.3, 0.4) is 0 Å². The lowest BCUT2D eigenvalue weighted by Gasteiger charge is -2.09. The molecule has 0 fully saturated rings. The molecule has 0 atom stereocenters. The molecule has 0 aliphatic rings. The van der Waals surface area contributed by atoms with Crippen LogP contribution in [0.4, 0.5) is 5.82 Å². The number of anilines is 1. The Morgan fingerprint density at radius 1 is 1.15 bits per heavy atom. The highest BCUT2D eigenvalue weighted by Crippen LogP contribution is 2.16. The van der Waals surface area contributed by atoms with Crippen LogP contribution >= 0.6 is 15.9 Å². The second-order valence-electron chi connectivity index (χ2n) is 5.69. The molecular formula is C17H16BrN5O4. The number of carbonyl (C=O) groups excluding carboxylic acids is 1. The average molecular weight is 434 g/mol. The second-order valence-corrected chi connectivity index (χ2v) is 6.61. The van der Waals surface area contributed by atoms with Gasteiger partial charge in [-0.05, 0) is 30.3 Å². The number of amides is 1. The second kappa shape index (κ2) is 7.62. The first kappa shape index (κ1) is 18.6. The number of halogens is 1. The maximum atomic E-state index is 12.3. The minimum Gasteiger partial charge on any atom is -0.471 e. The van der Waals surface area contributed by atoms with Gasteiger partial charge in [0.2, 0.25) is 0 Å². The van der Waals surface area contributed by atoms with E-state index in [0.29, 0.717) is 5.75 Å². The zero-order chi connectivity index (χ0) is 19.6. The Kier molecular flexibility index (Phi) is 5.26. The number of rotatable bonds is 5. The molecule has 1 amide bonds. The van der Waals surface area contributed by atoms with E-state index in [0.717, 1.165) is 9.04 Å². The summed E-state index contributed by atoms with van der Waals surface area (Å²) >= 11 is 3.35. The van der Waals surface area contributed by atoms with E-state index in [1.807, 2.05) is 12.1 Å². The fourth-order valence-electron chi connectivity index (χ4n) is 2.26. The molecule has 3 aromatic rings. The molecule has 10 heteroatoms. The number of hydrogen-bond acceptors (Lipinski definition) is 5. The molecular weight excluding hydrogens is 418 g/mol. The molecule has 2 aromatic heterocycles. The van der Waals surface area contributed by atoms with Gasteiger partial charge in [-0.25, -0.2) is 9.48 Å². The highest BCUT2D eigenvalue weighted by atomic mass is 79.9. The van der Waals surface area contributed by atoms with Crippen molar-refractivity contribution in [3.05, 3.63) is 73.6 Å². The summed E-state index contributed by atoms with van der Waals surface area (Å²) in [4.78, 5) is 36.0. The number of nitrogens with zero attached hydrogens (tertiary/aromatic N) is 4. The van der Waals surface area contributed by atoms with Crippen molar-refractivity contribution in [3.63, 3.8) is 0 Å². The summed E-state index contributed by atoms with van der Waals surface area (Å²) in [5.41, 5.74) is -0.921. The highest BCUT2D eigenvalue weighted by Gasteiger charge is 2.13. The van der Waals surface area contributed by atoms with Crippen LogP contribution in [0.1, 0.15) is 10.5 Å². The molecule has 0 saturated heterocycles. The first-order valence-electron chi connectivity index (χ1n) is 7.85. The van der Waals surface area contributed by atoms with Gasteiger partial charge in [-0.2, -0.15) is 5.10 Å². The largest absolute Gasteiger partial charge is 0.471 e. The molecule has 27 heavy (non-hydrogen) atoms. The molecule has 1 N–H and O–H groups in total. The maximum Gasteiger partial charge on any atom is 0.332 e. The van der Waals surface area contributed by atoms with Crippen LogP contribution in [-0.2, 0) is 20.8 Å². The van der Waals surface area contributed by atoms with Gasteiger partial charge in [0.15, 0.2) is 12.4 Å². The third kappa shape index (κ3) is 4.17. The van der Waals surface area contributed by atoms with Gasteiger partial charge < -0.3 is 10.1 Å². The van der Waals surface area contributed by atoms with Crippen molar-refractivity contribution in [2.75, 3.05) is 5.32 Å². The molecule has 0 radical (unpaired) electrons. The minimum absolute atomic E-state index is 0.0914. The van der Waals surface area contributed by atoms with Gasteiger partial charge in [0.05, 0.1) is 0 Å². The van der Waals surface area contributed by atoms with Crippen LogP contribution in [0.2, 0.25) is 0 Å². The van der Waals surface area contributed by atoms with E-state index >= 15 is 0 Å². The van der Waals surface area contributed by atoms with Crippen molar-refractivity contribution in [2.45, 2.75) is 6.73 Å². The first-order valence-corrected chi connectivity index (χ1v) is 8.64. The summed E-state index contributed by atoms with van der Waals surface area (Å²) in [7, 11) is 2.82. The molecule has 0 spiro atoms. The topological polar surface area (TPSA) is 100 Å². The Bertz CT molecular complexity index is 1100. The number of nitrogens with one attached hydrogen (secondary N) is 1. The lowest BCUT2D eigenvalue weighted by Crippen LogP contribution is -2.38. The van der Waals surface area contributed by atoms with E-state index in [4.69, 9.17) is 4.74 Å². The molecule has 2 heterocycles. The van der Waals surface area contributed by atoms with Crippen LogP contribution in [0.25, 0.3) is 0 Å². The summed E-state index contributed by atoms with van der Waals surface area (Å²) in [6.07, 6.45) is 1.59. The van der Waals surface area contributed by atoms with Crippen LogP contribution in [-0.4, -0.2) is 24.8 Å². The highest BCUT2D eigenvalue weighted by molar-refractivity contribution is 9.10. The van der Waals surface area contributed by atoms with Crippen LogP contribution in [0, 0.1) is 0 Å². The van der Waals surface area contributed by atoms with Gasteiger partial charge >= 0.3 is 5.69 Å². The molecule has 0 bridgehead atoms. The van der Waals surface area contributed by atoms with Crippen molar-refractivity contribution in [1.82, 2.24) is 18.9 Å². The van der Waals surface area contributed by atoms with E-state index < -0.39 is 17.2 Å². The van der Waals surface area contributed by atoms with Gasteiger partial charge in [-0.1, -0.05) is 15.9 Å². The monoisotopic (exact) mass is 433 g/mol. The molecule has 140 valence electrons. The number of benzene rings is 1. The van der Waals surface area contributed by atoms with Gasteiger partial charge in [0.1, 0.15) is 11.6 Å². The number of hydrogen-bond donors (Lipinski definition) is 1. The summed E-state index contributed by atoms with van der Waals surface area (Å²) in [6.45, 7) is 0.124. The van der Waals surface area contributed by atoms with E-state index in [-0.39, 0.29) is 18.2 Å². The van der Waals surface area contributed by atoms with Gasteiger partial charge in [0, 0.05) is 30.8 Å². The summed E-state index contributed by atoms with van der Waals surface area (Å²) in [6, 6.07) is 10.00. The molecule has 0 unspecified atom stereocenters. The molecule has 3 rings (SSSR count). The Balaban J connectivity index is 1.69. The average Bonchev–Trinajstić information content (AvgIpc) is 3.13. The van der Waals surface area contributed by atoms with Gasteiger partial charge in [-0.3, -0.25) is 18.7 Å². The van der Waals surface area contributed by atoms with Crippen LogP contribution in [0.15, 0.2) is 56.7 Å². The summed E-state index contributed by atoms with van der Waals surface area (Å²) in [5.74, 6) is 0.212. The fourth-order valence-corrected chi connectivity index (χ4v) is 2.52. The van der Waals surface area contributed by atoms with Gasteiger partial charge in [-0.15, -0.1) is 0 Å². The zero-order valence-electron chi connectivity index (χ0n) is 14.5. The number of aromatic nitrogens is 4. The predicted octanol–water partition coefficient (Wildman–Crippen LogP) is 1.33. The van der Waals surface area contributed by atoms with E-state index in [1.54, 1.807) is 18.3 Å². The lowest BCUT2D eigenvalue weighted by atomic mass is 10.3. The molecule has 0 aliphatic carbocycles. The quantitative estimate of drug-likeness (QED) is 0.653. The summed E-state index contributed by atoms with van der Waals surface area (Å²) in [5, 5.41) is 6.65.